The smallest absolute Gasteiger partial charge is 0.323 e. The highest BCUT2D eigenvalue weighted by molar-refractivity contribution is 6.06. The highest BCUT2D eigenvalue weighted by Crippen LogP contribution is 2.56. The van der Waals surface area contributed by atoms with Crippen LogP contribution in [0.1, 0.15) is 114 Å². The fourth-order valence-corrected chi connectivity index (χ4v) is 6.81. The Balaban J connectivity index is 1.49. The number of carbonyl (C=O) groups excluding carboxylic acids is 2. The lowest BCUT2D eigenvalue weighted by Gasteiger charge is -2.49. The Kier molecular flexibility index (Phi) is 7.19. The van der Waals surface area contributed by atoms with E-state index in [1.54, 1.807) is 42.5 Å². The topological polar surface area (TPSA) is 90.5 Å². The molecule has 4 N–H and O–H groups in total. The number of fused-ring (bicyclic) bond motifs is 2. The molecule has 0 unspecified atom stereocenters. The lowest BCUT2D eigenvalue weighted by Crippen LogP contribution is -2.41. The summed E-state index contributed by atoms with van der Waals surface area (Å²) in [5.74, 6) is -0.169. The van der Waals surface area contributed by atoms with E-state index in [0.717, 1.165) is 31.4 Å². The fraction of sp³-hybridized carbons (Fsp3) is 0.444. The predicted octanol–water partition coefficient (Wildman–Crippen LogP) is 8.99. The SMILES string of the molecule is CC1(C)CCC(C)(C)c2c1cc1c(c2NC(=O)c2ccc(NC(=O)Nc3ccccc3O)cc2)C(C)(C)CCC1(C)C. The third-order valence-corrected chi connectivity index (χ3v) is 9.68. The number of hydrogen-bond acceptors (Lipinski definition) is 3. The highest BCUT2D eigenvalue weighted by atomic mass is 16.3. The minimum atomic E-state index is -0.481. The molecule has 0 aromatic heterocycles. The van der Waals surface area contributed by atoms with E-state index in [1.165, 1.54) is 28.3 Å². The van der Waals surface area contributed by atoms with Gasteiger partial charge in [0.15, 0.2) is 0 Å². The summed E-state index contributed by atoms with van der Waals surface area (Å²) in [6.07, 6.45) is 4.33. The van der Waals surface area contributed by atoms with Crippen LogP contribution in [-0.2, 0) is 21.7 Å². The van der Waals surface area contributed by atoms with Gasteiger partial charge in [0.2, 0.25) is 0 Å². The Hall–Kier alpha value is -3.80. The van der Waals surface area contributed by atoms with Crippen LogP contribution in [0.15, 0.2) is 54.6 Å². The molecule has 3 aromatic rings. The fourth-order valence-electron chi connectivity index (χ4n) is 6.81. The minimum Gasteiger partial charge on any atom is -0.506 e. The maximum absolute atomic E-state index is 13.9. The number of aromatic hydroxyl groups is 1. The van der Waals surface area contributed by atoms with Crippen LogP contribution in [0, 0.1) is 0 Å². The Bertz CT molecular complexity index is 1490. The van der Waals surface area contributed by atoms with Crippen LogP contribution in [0.2, 0.25) is 0 Å². The van der Waals surface area contributed by atoms with Gasteiger partial charge in [-0.1, -0.05) is 73.6 Å². The van der Waals surface area contributed by atoms with E-state index in [1.807, 2.05) is 0 Å². The second kappa shape index (κ2) is 10.2. The molecule has 0 aliphatic heterocycles. The van der Waals surface area contributed by atoms with Crippen molar-refractivity contribution < 1.29 is 14.7 Å². The number of phenolic OH excluding ortho intramolecular Hbond substituents is 1. The van der Waals surface area contributed by atoms with E-state index >= 15 is 0 Å². The van der Waals surface area contributed by atoms with E-state index in [9.17, 15) is 14.7 Å². The van der Waals surface area contributed by atoms with Gasteiger partial charge in [-0.05, 0) is 106 Å². The molecule has 0 bridgehead atoms. The largest absolute Gasteiger partial charge is 0.506 e. The second-order valence-electron chi connectivity index (χ2n) is 14.8. The van der Waals surface area contributed by atoms with E-state index < -0.39 is 6.03 Å². The van der Waals surface area contributed by atoms with Crippen LogP contribution in [-0.4, -0.2) is 17.0 Å². The van der Waals surface area contributed by atoms with Crippen molar-refractivity contribution in [3.05, 3.63) is 82.4 Å². The zero-order valence-electron chi connectivity index (χ0n) is 26.3. The van der Waals surface area contributed by atoms with Gasteiger partial charge in [-0.2, -0.15) is 0 Å². The highest BCUT2D eigenvalue weighted by Gasteiger charge is 2.46. The van der Waals surface area contributed by atoms with Crippen molar-refractivity contribution in [1.29, 1.82) is 0 Å². The lowest BCUT2D eigenvalue weighted by molar-refractivity contribution is 0.102. The third-order valence-electron chi connectivity index (χ3n) is 9.68. The van der Waals surface area contributed by atoms with Gasteiger partial charge in [-0.3, -0.25) is 4.79 Å². The van der Waals surface area contributed by atoms with Gasteiger partial charge in [0.05, 0.1) is 5.69 Å². The molecule has 2 aliphatic rings. The van der Waals surface area contributed by atoms with Crippen LogP contribution in [0.4, 0.5) is 21.9 Å². The van der Waals surface area contributed by atoms with Crippen molar-refractivity contribution in [2.24, 2.45) is 0 Å². The number of phenols is 1. The van der Waals surface area contributed by atoms with Crippen LogP contribution in [0.5, 0.6) is 5.75 Å². The van der Waals surface area contributed by atoms with Crippen LogP contribution >= 0.6 is 0 Å². The molecule has 0 fully saturated rings. The number of amides is 3. The minimum absolute atomic E-state index is 0.0110. The van der Waals surface area contributed by atoms with Crippen LogP contribution < -0.4 is 16.0 Å². The molecule has 0 saturated carbocycles. The van der Waals surface area contributed by atoms with Crippen LogP contribution in [0.3, 0.4) is 0 Å². The number of rotatable bonds is 4. The van der Waals surface area contributed by atoms with Crippen molar-refractivity contribution in [1.82, 2.24) is 0 Å². The normalized spacial score (nSPS) is 19.1. The summed E-state index contributed by atoms with van der Waals surface area (Å²) in [6.45, 7) is 18.6. The summed E-state index contributed by atoms with van der Waals surface area (Å²) < 4.78 is 0. The summed E-state index contributed by atoms with van der Waals surface area (Å²) in [5, 5.41) is 18.8. The second-order valence-corrected chi connectivity index (χ2v) is 14.8. The first-order valence-electron chi connectivity index (χ1n) is 15.0. The molecule has 222 valence electrons. The van der Waals surface area contributed by atoms with E-state index in [4.69, 9.17) is 0 Å². The van der Waals surface area contributed by atoms with E-state index in [0.29, 0.717) is 16.9 Å². The third kappa shape index (κ3) is 5.39. The van der Waals surface area contributed by atoms with Gasteiger partial charge in [0, 0.05) is 16.9 Å². The standard InChI is InChI=1S/C36H45N3O3/c1-33(2)17-19-35(5,6)28-24(33)21-25-29(36(7,8)20-18-34(25,3)4)30(28)39-31(41)22-13-15-23(16-14-22)37-32(42)38-26-11-9-10-12-27(26)40/h9-16,21,40H,17-20H2,1-8H3,(H,39,41)(H2,37,38,42). The van der Waals surface area contributed by atoms with Crippen LogP contribution in [0.25, 0.3) is 0 Å². The molecular weight excluding hydrogens is 522 g/mol. The number of hydrogen-bond donors (Lipinski definition) is 4. The maximum atomic E-state index is 13.9. The lowest BCUT2D eigenvalue weighted by atomic mass is 9.56. The van der Waals surface area contributed by atoms with Crippen molar-refractivity contribution in [2.45, 2.75) is 103 Å². The first-order valence-corrected chi connectivity index (χ1v) is 15.0. The molecule has 6 heteroatoms. The summed E-state index contributed by atoms with van der Waals surface area (Å²) in [4.78, 5) is 26.4. The molecule has 3 amide bonds. The van der Waals surface area contributed by atoms with Gasteiger partial charge in [-0.25, -0.2) is 4.79 Å². The number of para-hydroxylation sites is 2. The molecule has 6 nitrogen and oxygen atoms in total. The van der Waals surface area contributed by atoms with Crippen molar-refractivity contribution in [2.75, 3.05) is 16.0 Å². The average molecular weight is 568 g/mol. The molecule has 0 atom stereocenters. The Morgan fingerprint density at radius 2 is 1.14 bits per heavy atom. The van der Waals surface area contributed by atoms with E-state index in [-0.39, 0.29) is 33.3 Å². The first kappa shape index (κ1) is 29.7. The average Bonchev–Trinajstić information content (AvgIpc) is 2.90. The number of anilines is 3. The maximum Gasteiger partial charge on any atom is 0.323 e. The molecule has 0 heterocycles. The Labute approximate surface area is 250 Å². The first-order chi connectivity index (χ1) is 19.5. The summed E-state index contributed by atoms with van der Waals surface area (Å²) >= 11 is 0. The molecule has 2 aliphatic carbocycles. The monoisotopic (exact) mass is 567 g/mol. The van der Waals surface area contributed by atoms with Gasteiger partial charge < -0.3 is 21.1 Å². The molecule has 42 heavy (non-hydrogen) atoms. The molecule has 5 rings (SSSR count). The van der Waals surface area contributed by atoms with Gasteiger partial charge >= 0.3 is 6.03 Å². The number of benzene rings is 3. The predicted molar refractivity (Wildman–Crippen MR) is 172 cm³/mol. The van der Waals surface area contributed by atoms with Gasteiger partial charge in [0.25, 0.3) is 5.91 Å². The molecule has 0 radical (unpaired) electrons. The number of urea groups is 1. The van der Waals surface area contributed by atoms with Gasteiger partial charge in [-0.15, -0.1) is 0 Å². The Morgan fingerprint density at radius 3 is 1.67 bits per heavy atom. The van der Waals surface area contributed by atoms with E-state index in [2.05, 4.69) is 77.4 Å². The Morgan fingerprint density at radius 1 is 0.643 bits per heavy atom. The molecule has 3 aromatic carbocycles. The van der Waals surface area contributed by atoms with Crippen molar-refractivity contribution in [3.63, 3.8) is 0 Å². The number of nitrogens with one attached hydrogen (secondary N) is 3. The summed E-state index contributed by atoms with van der Waals surface area (Å²) in [7, 11) is 0. The van der Waals surface area contributed by atoms with Gasteiger partial charge in [0.1, 0.15) is 5.75 Å². The molecule has 0 saturated heterocycles. The summed E-state index contributed by atoms with van der Waals surface area (Å²) in [5.41, 5.74) is 7.51. The van der Waals surface area contributed by atoms with Crippen molar-refractivity contribution in [3.8, 4) is 5.75 Å². The van der Waals surface area contributed by atoms with Crippen molar-refractivity contribution >= 4 is 29.0 Å². The zero-order chi connectivity index (χ0) is 30.7. The quantitative estimate of drug-likeness (QED) is 0.237. The molecule has 0 spiro atoms. The number of carbonyl (C=O) groups is 2. The zero-order valence-corrected chi connectivity index (χ0v) is 26.3. The summed E-state index contributed by atoms with van der Waals surface area (Å²) in [6, 6.07) is 15.4. The molecular formula is C36H45N3O3.